The highest BCUT2D eigenvalue weighted by Crippen LogP contribution is 2.25. The van der Waals surface area contributed by atoms with Crippen LogP contribution in [0.5, 0.6) is 0 Å². The van der Waals surface area contributed by atoms with E-state index >= 15 is 0 Å². The van der Waals surface area contributed by atoms with Crippen molar-refractivity contribution in [2.75, 3.05) is 0 Å². The Morgan fingerprint density at radius 2 is 2.00 bits per heavy atom. The van der Waals surface area contributed by atoms with Gasteiger partial charge < -0.3 is 10.3 Å². The van der Waals surface area contributed by atoms with Crippen molar-refractivity contribution >= 4 is 11.6 Å². The van der Waals surface area contributed by atoms with Gasteiger partial charge in [-0.05, 0) is 55.5 Å². The van der Waals surface area contributed by atoms with E-state index in [0.717, 1.165) is 24.8 Å². The molecule has 1 heterocycles. The van der Waals surface area contributed by atoms with Crippen LogP contribution in [0.15, 0.2) is 35.1 Å². The predicted octanol–water partition coefficient (Wildman–Crippen LogP) is 3.06. The molecule has 1 aliphatic rings. The van der Waals surface area contributed by atoms with E-state index in [9.17, 15) is 4.79 Å². The Labute approximate surface area is 129 Å². The Morgan fingerprint density at radius 1 is 1.29 bits per heavy atom. The molecule has 0 amide bonds. The van der Waals surface area contributed by atoms with Crippen LogP contribution in [-0.2, 0) is 19.4 Å². The van der Waals surface area contributed by atoms with Crippen LogP contribution in [0.1, 0.15) is 41.8 Å². The first kappa shape index (κ1) is 14.4. The first-order chi connectivity index (χ1) is 10.1. The van der Waals surface area contributed by atoms with Crippen LogP contribution in [0.2, 0.25) is 5.02 Å². The minimum absolute atomic E-state index is 0.0422. The van der Waals surface area contributed by atoms with E-state index in [1.165, 1.54) is 11.3 Å². The van der Waals surface area contributed by atoms with Crippen LogP contribution in [0.25, 0.3) is 0 Å². The van der Waals surface area contributed by atoms with Crippen LogP contribution in [0.3, 0.4) is 0 Å². The molecule has 0 spiro atoms. The Balaban J connectivity index is 2.10. The van der Waals surface area contributed by atoms with Gasteiger partial charge in [0, 0.05) is 22.8 Å². The van der Waals surface area contributed by atoms with E-state index in [0.29, 0.717) is 17.1 Å². The Kier molecular flexibility index (Phi) is 3.87. The number of nitrogens with two attached hydrogens (primary N) is 1. The molecule has 1 unspecified atom stereocenters. The monoisotopic (exact) mass is 302 g/mol. The Morgan fingerprint density at radius 3 is 2.67 bits per heavy atom. The van der Waals surface area contributed by atoms with Crippen LogP contribution in [0.4, 0.5) is 0 Å². The second-order valence-electron chi connectivity index (χ2n) is 5.50. The number of benzene rings is 1. The fourth-order valence-electron chi connectivity index (χ4n) is 3.15. The summed E-state index contributed by atoms with van der Waals surface area (Å²) in [7, 11) is 0. The van der Waals surface area contributed by atoms with Crippen molar-refractivity contribution < 1.29 is 0 Å². The molecule has 1 atom stereocenters. The van der Waals surface area contributed by atoms with Gasteiger partial charge in [-0.25, -0.2) is 0 Å². The quantitative estimate of drug-likeness (QED) is 0.947. The number of rotatable bonds is 3. The van der Waals surface area contributed by atoms with Gasteiger partial charge in [0.25, 0.3) is 5.56 Å². The van der Waals surface area contributed by atoms with E-state index in [1.807, 2.05) is 41.8 Å². The van der Waals surface area contributed by atoms with Crippen LogP contribution in [0, 0.1) is 0 Å². The SMILES string of the molecule is CCn1c2c(cc(C(N)c3ccc(Cl)cc3)c1=O)CCC2. The molecule has 0 saturated heterocycles. The molecule has 3 nitrogen and oxygen atoms in total. The minimum atomic E-state index is -0.404. The molecule has 0 aliphatic heterocycles. The van der Waals surface area contributed by atoms with Crippen molar-refractivity contribution in [1.82, 2.24) is 4.57 Å². The standard InChI is InChI=1S/C17H19ClN2O/c1-2-20-15-5-3-4-12(15)10-14(17(20)21)16(19)11-6-8-13(18)9-7-11/h6-10,16H,2-5,19H2,1H3. The second-order valence-corrected chi connectivity index (χ2v) is 5.94. The smallest absolute Gasteiger partial charge is 0.255 e. The number of hydrogen-bond donors (Lipinski definition) is 1. The number of fused-ring (bicyclic) bond motifs is 1. The van der Waals surface area contributed by atoms with Crippen molar-refractivity contribution in [3.8, 4) is 0 Å². The van der Waals surface area contributed by atoms with Gasteiger partial charge in [-0.3, -0.25) is 4.79 Å². The maximum absolute atomic E-state index is 12.7. The van der Waals surface area contributed by atoms with E-state index in [4.69, 9.17) is 17.3 Å². The normalized spacial score (nSPS) is 15.0. The summed E-state index contributed by atoms with van der Waals surface area (Å²) in [6.07, 6.45) is 3.15. The summed E-state index contributed by atoms with van der Waals surface area (Å²) in [5.41, 5.74) is 10.4. The molecule has 4 heteroatoms. The van der Waals surface area contributed by atoms with Gasteiger partial charge >= 0.3 is 0 Å². The number of hydrogen-bond acceptors (Lipinski definition) is 2. The fourth-order valence-corrected chi connectivity index (χ4v) is 3.28. The number of aromatic nitrogens is 1. The van der Waals surface area contributed by atoms with Gasteiger partial charge in [0.1, 0.15) is 0 Å². The van der Waals surface area contributed by atoms with Gasteiger partial charge in [0.05, 0.1) is 6.04 Å². The molecule has 2 N–H and O–H groups in total. The molecule has 21 heavy (non-hydrogen) atoms. The Hall–Kier alpha value is -1.58. The molecular formula is C17H19ClN2O. The average molecular weight is 303 g/mol. The zero-order valence-corrected chi connectivity index (χ0v) is 12.9. The van der Waals surface area contributed by atoms with Crippen LogP contribution >= 0.6 is 11.6 Å². The zero-order chi connectivity index (χ0) is 15.0. The summed E-state index contributed by atoms with van der Waals surface area (Å²) >= 11 is 5.91. The van der Waals surface area contributed by atoms with Crippen molar-refractivity contribution in [2.24, 2.45) is 5.73 Å². The number of pyridine rings is 1. The molecule has 0 bridgehead atoms. The van der Waals surface area contributed by atoms with Gasteiger partial charge in [-0.15, -0.1) is 0 Å². The third-order valence-corrected chi connectivity index (χ3v) is 4.51. The first-order valence-corrected chi connectivity index (χ1v) is 7.76. The minimum Gasteiger partial charge on any atom is -0.320 e. The summed E-state index contributed by atoms with van der Waals surface area (Å²) in [5, 5.41) is 0.672. The summed E-state index contributed by atoms with van der Waals surface area (Å²) in [5.74, 6) is 0. The lowest BCUT2D eigenvalue weighted by Crippen LogP contribution is -2.30. The van der Waals surface area contributed by atoms with Gasteiger partial charge in [0.15, 0.2) is 0 Å². The lowest BCUT2D eigenvalue weighted by molar-refractivity contribution is 0.663. The lowest BCUT2D eigenvalue weighted by Gasteiger charge is -2.17. The van der Waals surface area contributed by atoms with Crippen molar-refractivity contribution in [3.05, 3.63) is 68.1 Å². The molecule has 0 fully saturated rings. The summed E-state index contributed by atoms with van der Waals surface area (Å²) in [6.45, 7) is 2.71. The fraction of sp³-hybridized carbons (Fsp3) is 0.353. The molecular weight excluding hydrogens is 284 g/mol. The maximum Gasteiger partial charge on any atom is 0.255 e. The van der Waals surface area contributed by atoms with E-state index < -0.39 is 6.04 Å². The molecule has 2 aromatic rings. The van der Waals surface area contributed by atoms with Gasteiger partial charge in [-0.2, -0.15) is 0 Å². The van der Waals surface area contributed by atoms with E-state index in [1.54, 1.807) is 0 Å². The molecule has 1 aromatic heterocycles. The van der Waals surface area contributed by atoms with E-state index in [-0.39, 0.29) is 5.56 Å². The number of halogens is 1. The molecule has 0 saturated carbocycles. The van der Waals surface area contributed by atoms with Crippen molar-refractivity contribution in [2.45, 2.75) is 38.8 Å². The Bertz CT molecular complexity index is 719. The van der Waals surface area contributed by atoms with Crippen LogP contribution < -0.4 is 11.3 Å². The molecule has 1 aromatic carbocycles. The van der Waals surface area contributed by atoms with Crippen molar-refractivity contribution in [1.29, 1.82) is 0 Å². The highest BCUT2D eigenvalue weighted by molar-refractivity contribution is 6.30. The third-order valence-electron chi connectivity index (χ3n) is 4.26. The molecule has 1 aliphatic carbocycles. The first-order valence-electron chi connectivity index (χ1n) is 7.38. The van der Waals surface area contributed by atoms with Crippen LogP contribution in [-0.4, -0.2) is 4.57 Å². The molecule has 0 radical (unpaired) electrons. The third kappa shape index (κ3) is 2.52. The molecule has 110 valence electrons. The number of aryl methyl sites for hydroxylation is 1. The highest BCUT2D eigenvalue weighted by Gasteiger charge is 2.21. The zero-order valence-electron chi connectivity index (χ0n) is 12.1. The largest absolute Gasteiger partial charge is 0.320 e. The van der Waals surface area contributed by atoms with Gasteiger partial charge in [0.2, 0.25) is 0 Å². The topological polar surface area (TPSA) is 48.0 Å². The maximum atomic E-state index is 12.7. The summed E-state index contributed by atoms with van der Waals surface area (Å²) < 4.78 is 1.88. The van der Waals surface area contributed by atoms with E-state index in [2.05, 4.69) is 0 Å². The summed E-state index contributed by atoms with van der Waals surface area (Å²) in [4.78, 5) is 12.7. The van der Waals surface area contributed by atoms with Crippen molar-refractivity contribution in [3.63, 3.8) is 0 Å². The predicted molar refractivity (Wildman–Crippen MR) is 85.9 cm³/mol. The lowest BCUT2D eigenvalue weighted by atomic mass is 9.98. The second kappa shape index (κ2) is 5.66. The number of nitrogens with zero attached hydrogens (tertiary/aromatic N) is 1. The highest BCUT2D eigenvalue weighted by atomic mass is 35.5. The average Bonchev–Trinajstić information content (AvgIpc) is 2.95. The summed E-state index contributed by atoms with van der Waals surface area (Å²) in [6, 6.07) is 8.99. The molecule has 3 rings (SSSR count). The van der Waals surface area contributed by atoms with Gasteiger partial charge in [-0.1, -0.05) is 23.7 Å².